The summed E-state index contributed by atoms with van der Waals surface area (Å²) in [5.41, 5.74) is 1.77. The first-order valence-corrected chi connectivity index (χ1v) is 7.19. The van der Waals surface area contributed by atoms with E-state index in [1.165, 1.54) is 12.0 Å². The van der Waals surface area contributed by atoms with Crippen LogP contribution in [-0.4, -0.2) is 44.8 Å². The smallest absolute Gasteiger partial charge is 0.0554 e. The van der Waals surface area contributed by atoms with Crippen molar-refractivity contribution in [1.29, 1.82) is 0 Å². The molecule has 19 heavy (non-hydrogen) atoms. The van der Waals surface area contributed by atoms with Gasteiger partial charge in [0.2, 0.25) is 0 Å². The second-order valence-corrected chi connectivity index (χ2v) is 6.06. The monoisotopic (exact) mass is 262 g/mol. The Labute approximate surface area is 116 Å². The van der Waals surface area contributed by atoms with E-state index in [-0.39, 0.29) is 0 Å². The zero-order valence-electron chi connectivity index (χ0n) is 12.2. The summed E-state index contributed by atoms with van der Waals surface area (Å²) in [4.78, 5) is 2.38. The molecule has 3 nitrogen and oxygen atoms in total. The van der Waals surface area contributed by atoms with Gasteiger partial charge in [-0.1, -0.05) is 37.3 Å². The van der Waals surface area contributed by atoms with Crippen LogP contribution in [0.2, 0.25) is 0 Å². The fourth-order valence-electron chi connectivity index (χ4n) is 2.39. The van der Waals surface area contributed by atoms with E-state index in [2.05, 4.69) is 54.5 Å². The molecule has 0 bridgehead atoms. The van der Waals surface area contributed by atoms with Gasteiger partial charge in [-0.2, -0.15) is 0 Å². The normalized spacial score (nSPS) is 17.4. The largest absolute Gasteiger partial charge is 0.380 e. The summed E-state index contributed by atoms with van der Waals surface area (Å²) in [6.07, 6.45) is 1.19. The van der Waals surface area contributed by atoms with Crippen LogP contribution in [0.1, 0.15) is 18.9 Å². The maximum absolute atomic E-state index is 5.25. The zero-order chi connectivity index (χ0) is 13.6. The molecule has 3 heteroatoms. The first kappa shape index (κ1) is 14.5. The van der Waals surface area contributed by atoms with Crippen molar-refractivity contribution in [2.45, 2.75) is 19.9 Å². The highest BCUT2D eigenvalue weighted by Crippen LogP contribution is 2.24. The molecule has 1 aliphatic heterocycles. The number of benzene rings is 1. The molecule has 1 aromatic carbocycles. The Balaban J connectivity index is 1.53. The highest BCUT2D eigenvalue weighted by atomic mass is 16.5. The van der Waals surface area contributed by atoms with Gasteiger partial charge < -0.3 is 15.0 Å². The van der Waals surface area contributed by atoms with E-state index >= 15 is 0 Å². The molecule has 106 valence electrons. The first-order chi connectivity index (χ1) is 9.18. The summed E-state index contributed by atoms with van der Waals surface area (Å²) in [5.74, 6) is 0. The van der Waals surface area contributed by atoms with Gasteiger partial charge in [-0.15, -0.1) is 0 Å². The molecule has 0 spiro atoms. The molecular weight excluding hydrogens is 236 g/mol. The van der Waals surface area contributed by atoms with E-state index < -0.39 is 0 Å². The predicted octanol–water partition coefficient (Wildman–Crippen LogP) is 2.13. The van der Waals surface area contributed by atoms with Crippen LogP contribution in [0, 0.1) is 5.41 Å². The minimum absolute atomic E-state index is 0.385. The van der Waals surface area contributed by atoms with Crippen LogP contribution in [0.3, 0.4) is 0 Å². The lowest BCUT2D eigenvalue weighted by Gasteiger charge is -2.38. The molecule has 0 aliphatic carbocycles. The highest BCUT2D eigenvalue weighted by Gasteiger charge is 2.32. The van der Waals surface area contributed by atoms with Crippen molar-refractivity contribution >= 4 is 0 Å². The molecular formula is C16H26N2O. The molecule has 0 aromatic heterocycles. The molecule has 2 rings (SSSR count). The number of hydrogen-bond acceptors (Lipinski definition) is 3. The van der Waals surface area contributed by atoms with Gasteiger partial charge in [0, 0.05) is 18.5 Å². The lowest BCUT2D eigenvalue weighted by Crippen LogP contribution is -2.47. The number of nitrogens with one attached hydrogen (secondary N) is 1. The van der Waals surface area contributed by atoms with Crippen LogP contribution >= 0.6 is 0 Å². The first-order valence-electron chi connectivity index (χ1n) is 7.19. The number of hydrogen-bond donors (Lipinski definition) is 1. The molecule has 1 saturated heterocycles. The van der Waals surface area contributed by atoms with E-state index in [4.69, 9.17) is 4.74 Å². The Morgan fingerprint density at radius 3 is 2.63 bits per heavy atom. The quantitative estimate of drug-likeness (QED) is 0.726. The third-order valence-electron chi connectivity index (χ3n) is 3.64. The summed E-state index contributed by atoms with van der Waals surface area (Å²) < 4.78 is 5.25. The fraction of sp³-hybridized carbons (Fsp3) is 0.625. The average Bonchev–Trinajstić information content (AvgIpc) is 2.37. The average molecular weight is 262 g/mol. The predicted molar refractivity (Wildman–Crippen MR) is 79.2 cm³/mol. The minimum Gasteiger partial charge on any atom is -0.380 e. The highest BCUT2D eigenvalue weighted by molar-refractivity contribution is 5.14. The standard InChI is InChI=1S/C16H26N2O/c1-16(13-19-14-16)12-17-9-6-10-18(2)11-15-7-4-3-5-8-15/h3-5,7-8,17H,6,9-14H2,1-2H3. The van der Waals surface area contributed by atoms with E-state index in [0.717, 1.165) is 39.4 Å². The van der Waals surface area contributed by atoms with Gasteiger partial charge in [-0.05, 0) is 32.1 Å². The van der Waals surface area contributed by atoms with Crippen molar-refractivity contribution in [2.75, 3.05) is 39.9 Å². The lowest BCUT2D eigenvalue weighted by molar-refractivity contribution is -0.0989. The van der Waals surface area contributed by atoms with Crippen LogP contribution in [0.25, 0.3) is 0 Å². The van der Waals surface area contributed by atoms with E-state index in [1.807, 2.05) is 0 Å². The fourth-order valence-corrected chi connectivity index (χ4v) is 2.39. The molecule has 1 heterocycles. The van der Waals surface area contributed by atoms with Crippen molar-refractivity contribution in [2.24, 2.45) is 5.41 Å². The second kappa shape index (κ2) is 7.04. The zero-order valence-corrected chi connectivity index (χ0v) is 12.2. The molecule has 1 fully saturated rings. The van der Waals surface area contributed by atoms with Crippen molar-refractivity contribution < 1.29 is 4.74 Å². The van der Waals surface area contributed by atoms with Gasteiger partial charge in [0.15, 0.2) is 0 Å². The van der Waals surface area contributed by atoms with Crippen LogP contribution in [0.4, 0.5) is 0 Å². The van der Waals surface area contributed by atoms with Gasteiger partial charge in [-0.3, -0.25) is 0 Å². The molecule has 1 aromatic rings. The second-order valence-electron chi connectivity index (χ2n) is 6.06. The molecule has 0 saturated carbocycles. The molecule has 0 radical (unpaired) electrons. The van der Waals surface area contributed by atoms with Crippen LogP contribution < -0.4 is 5.32 Å². The molecule has 0 unspecified atom stereocenters. The third kappa shape index (κ3) is 4.94. The van der Waals surface area contributed by atoms with Gasteiger partial charge >= 0.3 is 0 Å². The molecule has 1 aliphatic rings. The van der Waals surface area contributed by atoms with Crippen LogP contribution in [0.15, 0.2) is 30.3 Å². The van der Waals surface area contributed by atoms with E-state index in [0.29, 0.717) is 5.41 Å². The van der Waals surface area contributed by atoms with E-state index in [9.17, 15) is 0 Å². The topological polar surface area (TPSA) is 24.5 Å². The van der Waals surface area contributed by atoms with Crippen molar-refractivity contribution in [3.63, 3.8) is 0 Å². The van der Waals surface area contributed by atoms with E-state index in [1.54, 1.807) is 0 Å². The summed E-state index contributed by atoms with van der Waals surface area (Å²) in [6, 6.07) is 10.6. The van der Waals surface area contributed by atoms with Crippen molar-refractivity contribution in [1.82, 2.24) is 10.2 Å². The number of nitrogens with zero attached hydrogens (tertiary/aromatic N) is 1. The van der Waals surface area contributed by atoms with Crippen LogP contribution in [-0.2, 0) is 11.3 Å². The summed E-state index contributed by atoms with van der Waals surface area (Å²) >= 11 is 0. The number of rotatable bonds is 8. The molecule has 1 N–H and O–H groups in total. The third-order valence-corrected chi connectivity index (χ3v) is 3.64. The van der Waals surface area contributed by atoms with Gasteiger partial charge in [0.1, 0.15) is 0 Å². The van der Waals surface area contributed by atoms with Crippen LogP contribution in [0.5, 0.6) is 0 Å². The Kier molecular flexibility index (Phi) is 5.37. The lowest BCUT2D eigenvalue weighted by atomic mass is 9.89. The summed E-state index contributed by atoms with van der Waals surface area (Å²) in [6.45, 7) is 8.44. The minimum atomic E-state index is 0.385. The Morgan fingerprint density at radius 2 is 2.00 bits per heavy atom. The van der Waals surface area contributed by atoms with Gasteiger partial charge in [0.25, 0.3) is 0 Å². The Morgan fingerprint density at radius 1 is 1.26 bits per heavy atom. The molecule has 0 amide bonds. The van der Waals surface area contributed by atoms with Crippen molar-refractivity contribution in [3.05, 3.63) is 35.9 Å². The van der Waals surface area contributed by atoms with Gasteiger partial charge in [0.05, 0.1) is 13.2 Å². The maximum atomic E-state index is 5.25. The van der Waals surface area contributed by atoms with Crippen molar-refractivity contribution in [3.8, 4) is 0 Å². The Hall–Kier alpha value is -0.900. The SMILES string of the molecule is CN(CCCNCC1(C)COC1)Cc1ccccc1. The van der Waals surface area contributed by atoms with Gasteiger partial charge in [-0.25, -0.2) is 0 Å². The Bertz CT molecular complexity index is 362. The number of ether oxygens (including phenoxy) is 1. The molecule has 0 atom stereocenters. The maximum Gasteiger partial charge on any atom is 0.0554 e. The summed E-state index contributed by atoms with van der Waals surface area (Å²) in [7, 11) is 2.19. The summed E-state index contributed by atoms with van der Waals surface area (Å²) in [5, 5.41) is 3.54.